The van der Waals surface area contributed by atoms with Crippen molar-refractivity contribution in [3.63, 3.8) is 0 Å². The van der Waals surface area contributed by atoms with Crippen LogP contribution in [0.3, 0.4) is 0 Å². The number of carbonyl (C=O) groups excluding carboxylic acids is 1. The van der Waals surface area contributed by atoms with E-state index in [0.29, 0.717) is 0 Å². The second-order valence-corrected chi connectivity index (χ2v) is 3.51. The molecule has 0 aliphatic carbocycles. The molecule has 0 atom stereocenters. The lowest BCUT2D eigenvalue weighted by molar-refractivity contribution is -0.114. The van der Waals surface area contributed by atoms with Crippen LogP contribution in [0.1, 0.15) is 18.2 Å². The number of hydrogen-bond acceptors (Lipinski definition) is 3. The fraction of sp³-hybridized carbons (Fsp3) is 0.556. The van der Waals surface area contributed by atoms with E-state index in [4.69, 9.17) is 0 Å². The van der Waals surface area contributed by atoms with Crippen LogP contribution >= 0.6 is 0 Å². The van der Waals surface area contributed by atoms with Crippen LogP contribution in [-0.2, 0) is 24.8 Å². The molecule has 1 aliphatic rings. The SMILES string of the molecule is CC(=O)Nc1nn(C)c2c1CCNC2. The molecule has 5 nitrogen and oxygen atoms in total. The highest BCUT2D eigenvalue weighted by Gasteiger charge is 2.19. The Bertz CT molecular complexity index is 369. The van der Waals surface area contributed by atoms with Gasteiger partial charge in [0.05, 0.1) is 5.69 Å². The van der Waals surface area contributed by atoms with E-state index in [2.05, 4.69) is 15.7 Å². The van der Waals surface area contributed by atoms with E-state index < -0.39 is 0 Å². The van der Waals surface area contributed by atoms with E-state index in [1.807, 2.05) is 11.7 Å². The number of aryl methyl sites for hydroxylation is 1. The van der Waals surface area contributed by atoms with Gasteiger partial charge in [0.15, 0.2) is 5.82 Å². The fourth-order valence-electron chi connectivity index (χ4n) is 1.77. The summed E-state index contributed by atoms with van der Waals surface area (Å²) < 4.78 is 1.83. The van der Waals surface area contributed by atoms with Crippen LogP contribution < -0.4 is 10.6 Å². The minimum absolute atomic E-state index is 0.0653. The van der Waals surface area contributed by atoms with Gasteiger partial charge < -0.3 is 10.6 Å². The Morgan fingerprint density at radius 1 is 1.64 bits per heavy atom. The van der Waals surface area contributed by atoms with Crippen molar-refractivity contribution in [1.82, 2.24) is 15.1 Å². The van der Waals surface area contributed by atoms with Crippen LogP contribution in [0.2, 0.25) is 0 Å². The monoisotopic (exact) mass is 194 g/mol. The number of amides is 1. The third-order valence-corrected chi connectivity index (χ3v) is 2.41. The van der Waals surface area contributed by atoms with Crippen LogP contribution in [0, 0.1) is 0 Å². The molecule has 0 saturated carbocycles. The summed E-state index contributed by atoms with van der Waals surface area (Å²) in [6.07, 6.45) is 0.929. The standard InChI is InChI=1S/C9H14N4O/c1-6(14)11-9-7-3-4-10-5-8(7)13(2)12-9/h10H,3-5H2,1-2H3,(H,11,12,14). The van der Waals surface area contributed by atoms with Gasteiger partial charge in [0.1, 0.15) is 0 Å². The molecule has 1 aromatic rings. The molecule has 76 valence electrons. The lowest BCUT2D eigenvalue weighted by Gasteiger charge is -2.13. The van der Waals surface area contributed by atoms with E-state index in [0.717, 1.165) is 25.3 Å². The van der Waals surface area contributed by atoms with Gasteiger partial charge in [-0.05, 0) is 13.0 Å². The summed E-state index contributed by atoms with van der Waals surface area (Å²) in [5, 5.41) is 10.3. The van der Waals surface area contributed by atoms with Gasteiger partial charge in [0, 0.05) is 26.1 Å². The fourth-order valence-corrected chi connectivity index (χ4v) is 1.77. The van der Waals surface area contributed by atoms with Crippen molar-refractivity contribution in [3.05, 3.63) is 11.3 Å². The number of nitrogens with one attached hydrogen (secondary N) is 2. The van der Waals surface area contributed by atoms with Crippen molar-refractivity contribution in [2.24, 2.45) is 7.05 Å². The number of aromatic nitrogens is 2. The zero-order valence-electron chi connectivity index (χ0n) is 8.42. The van der Waals surface area contributed by atoms with Crippen molar-refractivity contribution >= 4 is 11.7 Å². The summed E-state index contributed by atoms with van der Waals surface area (Å²) in [5.74, 6) is 0.654. The largest absolute Gasteiger partial charge is 0.311 e. The maximum Gasteiger partial charge on any atom is 0.222 e. The second kappa shape index (κ2) is 3.42. The molecule has 0 spiro atoms. The number of hydrogen-bond donors (Lipinski definition) is 2. The molecule has 1 aromatic heterocycles. The van der Waals surface area contributed by atoms with Crippen molar-refractivity contribution in [2.45, 2.75) is 19.9 Å². The van der Waals surface area contributed by atoms with Gasteiger partial charge in [0.2, 0.25) is 5.91 Å². The Morgan fingerprint density at radius 3 is 3.14 bits per heavy atom. The molecular weight excluding hydrogens is 180 g/mol. The number of nitrogens with zero attached hydrogens (tertiary/aromatic N) is 2. The van der Waals surface area contributed by atoms with Gasteiger partial charge in [-0.25, -0.2) is 0 Å². The Balaban J connectivity index is 2.36. The van der Waals surface area contributed by atoms with Gasteiger partial charge in [-0.1, -0.05) is 0 Å². The van der Waals surface area contributed by atoms with Crippen molar-refractivity contribution < 1.29 is 4.79 Å². The molecule has 1 aliphatic heterocycles. The highest BCUT2D eigenvalue weighted by molar-refractivity contribution is 5.88. The Labute approximate surface area is 82.5 Å². The Morgan fingerprint density at radius 2 is 2.43 bits per heavy atom. The first kappa shape index (κ1) is 9.21. The molecule has 0 radical (unpaired) electrons. The molecule has 5 heteroatoms. The molecule has 14 heavy (non-hydrogen) atoms. The highest BCUT2D eigenvalue weighted by atomic mass is 16.1. The number of rotatable bonds is 1. The minimum atomic E-state index is -0.0653. The van der Waals surface area contributed by atoms with Crippen LogP contribution in [0.25, 0.3) is 0 Å². The molecule has 0 aromatic carbocycles. The van der Waals surface area contributed by atoms with E-state index in [1.165, 1.54) is 18.2 Å². The van der Waals surface area contributed by atoms with Crippen LogP contribution in [0.4, 0.5) is 5.82 Å². The average Bonchev–Trinajstić information content (AvgIpc) is 2.44. The van der Waals surface area contributed by atoms with Crippen molar-refractivity contribution in [2.75, 3.05) is 11.9 Å². The topological polar surface area (TPSA) is 59.0 Å². The average molecular weight is 194 g/mol. The quantitative estimate of drug-likeness (QED) is 0.663. The number of carbonyl (C=O) groups is 1. The Hall–Kier alpha value is -1.36. The van der Waals surface area contributed by atoms with Crippen LogP contribution in [0.15, 0.2) is 0 Å². The van der Waals surface area contributed by atoms with Gasteiger partial charge in [-0.15, -0.1) is 0 Å². The summed E-state index contributed by atoms with van der Waals surface area (Å²) >= 11 is 0. The number of fused-ring (bicyclic) bond motifs is 1. The Kier molecular flexibility index (Phi) is 2.25. The van der Waals surface area contributed by atoms with Gasteiger partial charge in [-0.2, -0.15) is 5.10 Å². The van der Waals surface area contributed by atoms with Crippen LogP contribution in [0.5, 0.6) is 0 Å². The predicted octanol–water partition coefficient (Wildman–Crippen LogP) is 0.0242. The summed E-state index contributed by atoms with van der Waals surface area (Å²) in [7, 11) is 1.90. The molecule has 0 bridgehead atoms. The van der Waals surface area contributed by atoms with E-state index in [-0.39, 0.29) is 5.91 Å². The smallest absolute Gasteiger partial charge is 0.222 e. The predicted molar refractivity (Wildman–Crippen MR) is 52.9 cm³/mol. The maximum absolute atomic E-state index is 10.9. The first-order valence-electron chi connectivity index (χ1n) is 4.71. The summed E-state index contributed by atoms with van der Waals surface area (Å²) in [5.41, 5.74) is 2.33. The van der Waals surface area contributed by atoms with Crippen LogP contribution in [-0.4, -0.2) is 22.2 Å². The highest BCUT2D eigenvalue weighted by Crippen LogP contribution is 2.21. The third kappa shape index (κ3) is 1.50. The second-order valence-electron chi connectivity index (χ2n) is 3.51. The van der Waals surface area contributed by atoms with Gasteiger partial charge >= 0.3 is 0 Å². The summed E-state index contributed by atoms with van der Waals surface area (Å²) in [6, 6.07) is 0. The van der Waals surface area contributed by atoms with E-state index in [9.17, 15) is 4.79 Å². The zero-order valence-corrected chi connectivity index (χ0v) is 8.42. The molecule has 2 rings (SSSR count). The molecule has 2 N–H and O–H groups in total. The minimum Gasteiger partial charge on any atom is -0.311 e. The van der Waals surface area contributed by atoms with Crippen molar-refractivity contribution in [3.8, 4) is 0 Å². The molecular formula is C9H14N4O. The molecule has 0 unspecified atom stereocenters. The molecule has 2 heterocycles. The van der Waals surface area contributed by atoms with E-state index >= 15 is 0 Å². The summed E-state index contributed by atoms with van der Waals surface area (Å²) in [6.45, 7) is 3.28. The van der Waals surface area contributed by atoms with Crippen molar-refractivity contribution in [1.29, 1.82) is 0 Å². The van der Waals surface area contributed by atoms with Gasteiger partial charge in [-0.3, -0.25) is 9.48 Å². The molecule has 0 fully saturated rings. The molecule has 0 saturated heterocycles. The van der Waals surface area contributed by atoms with Gasteiger partial charge in [0.25, 0.3) is 0 Å². The summed E-state index contributed by atoms with van der Waals surface area (Å²) in [4.78, 5) is 10.9. The lowest BCUT2D eigenvalue weighted by Crippen LogP contribution is -2.25. The maximum atomic E-state index is 10.9. The molecule has 1 amide bonds. The number of anilines is 1. The lowest BCUT2D eigenvalue weighted by atomic mass is 10.1. The zero-order chi connectivity index (χ0) is 10.1. The normalized spacial score (nSPS) is 15.0. The van der Waals surface area contributed by atoms with E-state index in [1.54, 1.807) is 0 Å². The first-order chi connectivity index (χ1) is 6.68. The first-order valence-corrected chi connectivity index (χ1v) is 4.71. The third-order valence-electron chi connectivity index (χ3n) is 2.41.